The van der Waals surface area contributed by atoms with Crippen molar-refractivity contribution in [3.8, 4) is 0 Å². The molecule has 0 saturated heterocycles. The summed E-state index contributed by atoms with van der Waals surface area (Å²) in [5.41, 5.74) is 1.88. The van der Waals surface area contributed by atoms with Crippen molar-refractivity contribution in [2.24, 2.45) is 0 Å². The number of benzene rings is 1. The summed E-state index contributed by atoms with van der Waals surface area (Å²) in [5, 5.41) is 0.924. The first-order valence-electron chi connectivity index (χ1n) is 6.81. The third kappa shape index (κ3) is 3.09. The summed E-state index contributed by atoms with van der Waals surface area (Å²) in [4.78, 5) is 0.141. The van der Waals surface area contributed by atoms with Gasteiger partial charge in [0.2, 0.25) is 0 Å². The minimum Gasteiger partial charge on any atom is -0.282 e. The summed E-state index contributed by atoms with van der Waals surface area (Å²) in [5.74, 6) is 0. The third-order valence-corrected chi connectivity index (χ3v) is 11.1. The summed E-state index contributed by atoms with van der Waals surface area (Å²) < 4.78 is 33.0. The van der Waals surface area contributed by atoms with Gasteiger partial charge in [-0.3, -0.25) is 4.55 Å². The number of aryl methyl sites for hydroxylation is 2. The van der Waals surface area contributed by atoms with Crippen molar-refractivity contribution in [3.05, 3.63) is 23.3 Å². The predicted octanol–water partition coefficient (Wildman–Crippen LogP) is 3.27. The van der Waals surface area contributed by atoms with Crippen LogP contribution in [-0.4, -0.2) is 21.0 Å². The molecule has 108 valence electrons. The fraction of sp³-hybridized carbons (Fsp3) is 0.571. The topological polar surface area (TPSA) is 54.4 Å². The molecule has 1 aromatic carbocycles. The Morgan fingerprint density at radius 1 is 1.05 bits per heavy atom. The van der Waals surface area contributed by atoms with Crippen molar-refractivity contribution in [1.29, 1.82) is 0 Å². The molecule has 0 spiro atoms. The highest BCUT2D eigenvalue weighted by Gasteiger charge is 2.35. The van der Waals surface area contributed by atoms with Crippen LogP contribution in [0.2, 0.25) is 18.1 Å². The number of hydrogen-bond donors (Lipinski definition) is 1. The number of hydrogen-bond acceptors (Lipinski definition) is 2. The van der Waals surface area contributed by atoms with E-state index in [0.29, 0.717) is 0 Å². The van der Waals surface area contributed by atoms with E-state index in [1.165, 1.54) is 0 Å². The summed E-state index contributed by atoms with van der Waals surface area (Å²) in [7, 11) is -6.01. The van der Waals surface area contributed by atoms with E-state index in [4.69, 9.17) is 0 Å². The zero-order chi connectivity index (χ0) is 14.8. The van der Waals surface area contributed by atoms with E-state index >= 15 is 0 Å². The molecule has 3 nitrogen and oxygen atoms in total. The molecule has 0 aliphatic rings. The highest BCUT2D eigenvalue weighted by atomic mass is 32.2. The first kappa shape index (κ1) is 16.4. The van der Waals surface area contributed by atoms with Gasteiger partial charge in [-0.05, 0) is 30.7 Å². The van der Waals surface area contributed by atoms with Crippen molar-refractivity contribution in [2.45, 2.75) is 57.6 Å². The van der Waals surface area contributed by atoms with Gasteiger partial charge in [0.25, 0.3) is 10.1 Å². The molecule has 0 bridgehead atoms. The second-order valence-corrected chi connectivity index (χ2v) is 11.8. The van der Waals surface area contributed by atoms with Crippen LogP contribution in [0.1, 0.15) is 31.9 Å². The Kier molecular flexibility index (Phi) is 4.98. The summed E-state index contributed by atoms with van der Waals surface area (Å²) in [6.45, 7) is 10.2. The molecule has 0 aliphatic heterocycles. The normalized spacial score (nSPS) is 12.7. The lowest BCUT2D eigenvalue weighted by atomic mass is 10.2. The quantitative estimate of drug-likeness (QED) is 0.671. The standard InChI is InChI=1S/C14H24O3SSi/c1-6-19(7-2,8-3)14-12(5)9-11(4)10-13(14)18(15,16)17/h9-10H,6-8H2,1-5H3,(H,15,16,17). The Balaban J connectivity index is 3.76. The first-order chi connectivity index (χ1) is 8.71. The molecule has 0 radical (unpaired) electrons. The van der Waals surface area contributed by atoms with Crippen molar-refractivity contribution in [3.63, 3.8) is 0 Å². The summed E-state index contributed by atoms with van der Waals surface area (Å²) in [6.07, 6.45) is 0. The molecule has 1 N–H and O–H groups in total. The zero-order valence-electron chi connectivity index (χ0n) is 12.4. The molecule has 0 heterocycles. The highest BCUT2D eigenvalue weighted by Crippen LogP contribution is 2.26. The minimum absolute atomic E-state index is 0.141. The van der Waals surface area contributed by atoms with Crippen LogP contribution in [0.5, 0.6) is 0 Å². The number of rotatable bonds is 5. The van der Waals surface area contributed by atoms with Gasteiger partial charge >= 0.3 is 0 Å². The first-order valence-corrected chi connectivity index (χ1v) is 10.9. The van der Waals surface area contributed by atoms with Crippen LogP contribution >= 0.6 is 0 Å². The smallest absolute Gasteiger partial charge is 0.282 e. The SMILES string of the molecule is CC[Si](CC)(CC)c1c(C)cc(C)cc1S(=O)(=O)O. The zero-order valence-corrected chi connectivity index (χ0v) is 14.3. The van der Waals surface area contributed by atoms with E-state index < -0.39 is 18.2 Å². The molecule has 1 rings (SSSR count). The Morgan fingerprint density at radius 3 is 1.89 bits per heavy atom. The molecule has 0 amide bonds. The van der Waals surface area contributed by atoms with Crippen LogP contribution in [0.4, 0.5) is 0 Å². The van der Waals surface area contributed by atoms with Gasteiger partial charge < -0.3 is 0 Å². The van der Waals surface area contributed by atoms with Crippen LogP contribution in [0.25, 0.3) is 0 Å². The average molecular weight is 300 g/mol. The van der Waals surface area contributed by atoms with Crippen LogP contribution in [-0.2, 0) is 10.1 Å². The molecule has 0 unspecified atom stereocenters. The summed E-state index contributed by atoms with van der Waals surface area (Å²) in [6, 6.07) is 6.61. The molecule has 1 aromatic rings. The monoisotopic (exact) mass is 300 g/mol. The molecule has 0 aliphatic carbocycles. The van der Waals surface area contributed by atoms with E-state index in [1.54, 1.807) is 6.07 Å². The Labute approximate surface area is 117 Å². The Hall–Kier alpha value is -0.653. The maximum Gasteiger partial charge on any atom is 0.294 e. The van der Waals surface area contributed by atoms with Crippen LogP contribution in [0.3, 0.4) is 0 Å². The van der Waals surface area contributed by atoms with Gasteiger partial charge in [0.1, 0.15) is 0 Å². The molecule has 0 atom stereocenters. The van der Waals surface area contributed by atoms with Crippen LogP contribution in [0, 0.1) is 13.8 Å². The van der Waals surface area contributed by atoms with E-state index in [-0.39, 0.29) is 4.90 Å². The van der Waals surface area contributed by atoms with Crippen molar-refractivity contribution in [1.82, 2.24) is 0 Å². The van der Waals surface area contributed by atoms with E-state index in [1.807, 2.05) is 19.9 Å². The van der Waals surface area contributed by atoms with Gasteiger partial charge in [0, 0.05) is 0 Å². The van der Waals surface area contributed by atoms with Crippen molar-refractivity contribution >= 4 is 23.4 Å². The van der Waals surface area contributed by atoms with Gasteiger partial charge in [-0.15, -0.1) is 0 Å². The fourth-order valence-electron chi connectivity index (χ4n) is 3.09. The molecule has 0 fully saturated rings. The fourth-order valence-corrected chi connectivity index (χ4v) is 8.95. The van der Waals surface area contributed by atoms with E-state index in [9.17, 15) is 13.0 Å². The second kappa shape index (κ2) is 5.77. The van der Waals surface area contributed by atoms with Gasteiger partial charge in [0.05, 0.1) is 13.0 Å². The molecule has 0 aromatic heterocycles. The van der Waals surface area contributed by atoms with Crippen molar-refractivity contribution in [2.75, 3.05) is 0 Å². The van der Waals surface area contributed by atoms with Gasteiger partial charge in [-0.1, -0.05) is 50.5 Å². The molecular weight excluding hydrogens is 276 g/mol. The van der Waals surface area contributed by atoms with E-state index in [0.717, 1.165) is 34.4 Å². The summed E-state index contributed by atoms with van der Waals surface area (Å²) >= 11 is 0. The highest BCUT2D eigenvalue weighted by molar-refractivity contribution is 7.86. The molecule has 5 heteroatoms. The van der Waals surface area contributed by atoms with Crippen molar-refractivity contribution < 1.29 is 13.0 Å². The lowest BCUT2D eigenvalue weighted by Gasteiger charge is -2.32. The minimum atomic E-state index is -4.16. The predicted molar refractivity (Wildman–Crippen MR) is 82.6 cm³/mol. The Bertz CT molecular complexity index is 552. The second-order valence-electron chi connectivity index (χ2n) is 5.27. The van der Waals surface area contributed by atoms with E-state index in [2.05, 4.69) is 20.8 Å². The van der Waals surface area contributed by atoms with Gasteiger partial charge in [-0.25, -0.2) is 0 Å². The lowest BCUT2D eigenvalue weighted by molar-refractivity contribution is 0.483. The maximum atomic E-state index is 11.7. The average Bonchev–Trinajstić information content (AvgIpc) is 2.32. The van der Waals surface area contributed by atoms with Crippen LogP contribution in [0.15, 0.2) is 17.0 Å². The molecular formula is C14H24O3SSi. The third-order valence-electron chi connectivity index (χ3n) is 4.28. The van der Waals surface area contributed by atoms with Gasteiger partial charge in [-0.2, -0.15) is 8.42 Å². The maximum absolute atomic E-state index is 11.7. The van der Waals surface area contributed by atoms with Crippen LogP contribution < -0.4 is 5.19 Å². The molecule has 19 heavy (non-hydrogen) atoms. The molecule has 0 saturated carbocycles. The largest absolute Gasteiger partial charge is 0.294 e. The Morgan fingerprint density at radius 2 is 1.53 bits per heavy atom. The lowest BCUT2D eigenvalue weighted by Crippen LogP contribution is -2.49. The van der Waals surface area contributed by atoms with Gasteiger partial charge in [0.15, 0.2) is 0 Å².